The van der Waals surface area contributed by atoms with Gasteiger partial charge in [-0.3, -0.25) is 13.9 Å². The summed E-state index contributed by atoms with van der Waals surface area (Å²) in [5.74, 6) is -0.417. The summed E-state index contributed by atoms with van der Waals surface area (Å²) in [5, 5.41) is 7.74. The Morgan fingerprint density at radius 2 is 1.85 bits per heavy atom. The van der Waals surface area contributed by atoms with E-state index in [-0.39, 0.29) is 28.6 Å². The van der Waals surface area contributed by atoms with E-state index >= 15 is 0 Å². The van der Waals surface area contributed by atoms with Crippen LogP contribution in [0.4, 0.5) is 5.69 Å². The molecule has 0 radical (unpaired) electrons. The number of ether oxygens (including phenoxy) is 1. The van der Waals surface area contributed by atoms with E-state index in [1.807, 2.05) is 0 Å². The van der Waals surface area contributed by atoms with Crippen molar-refractivity contribution >= 4 is 32.7 Å². The summed E-state index contributed by atoms with van der Waals surface area (Å²) in [5.41, 5.74) is 1.22. The molecule has 3 rings (SSSR count). The number of aromatic nitrogens is 2. The third kappa shape index (κ3) is 3.57. The van der Waals surface area contributed by atoms with E-state index in [1.165, 1.54) is 34.4 Å². The van der Waals surface area contributed by atoms with Crippen LogP contribution in [0.1, 0.15) is 0 Å². The minimum atomic E-state index is -4.03. The van der Waals surface area contributed by atoms with E-state index in [4.69, 9.17) is 9.88 Å². The lowest BCUT2D eigenvalue weighted by molar-refractivity contribution is -0.116. The van der Waals surface area contributed by atoms with Crippen LogP contribution < -0.4 is 20.9 Å². The summed E-state index contributed by atoms with van der Waals surface area (Å²) in [7, 11) is -1.09. The molecule has 10 heteroatoms. The number of anilines is 1. The summed E-state index contributed by atoms with van der Waals surface area (Å²) in [4.78, 5) is 24.5. The minimum absolute atomic E-state index is 0.0702. The molecule has 0 aliphatic carbocycles. The van der Waals surface area contributed by atoms with Gasteiger partial charge in [-0.15, -0.1) is 0 Å². The molecule has 0 saturated carbocycles. The molecule has 0 spiro atoms. The van der Waals surface area contributed by atoms with Gasteiger partial charge in [0, 0.05) is 12.7 Å². The molecule has 27 heavy (non-hydrogen) atoms. The largest absolute Gasteiger partial charge is 0.495 e. The molecule has 3 aromatic rings. The maximum atomic E-state index is 12.4. The predicted octanol–water partition coefficient (Wildman–Crippen LogP) is 0.635. The van der Waals surface area contributed by atoms with E-state index in [0.29, 0.717) is 11.0 Å². The number of primary sulfonamides is 1. The highest BCUT2D eigenvalue weighted by Gasteiger charge is 2.17. The lowest BCUT2D eigenvalue weighted by atomic mass is 10.3. The van der Waals surface area contributed by atoms with Crippen LogP contribution >= 0.6 is 0 Å². The maximum absolute atomic E-state index is 12.4. The molecular formula is C17H18N4O5S. The lowest BCUT2D eigenvalue weighted by Gasteiger charge is -2.10. The van der Waals surface area contributed by atoms with Gasteiger partial charge in [-0.25, -0.2) is 18.4 Å². The molecule has 0 aliphatic heterocycles. The van der Waals surface area contributed by atoms with Crippen molar-refractivity contribution < 1.29 is 17.9 Å². The fraction of sp³-hybridized carbons (Fsp3) is 0.176. The fourth-order valence-corrected chi connectivity index (χ4v) is 3.56. The summed E-state index contributed by atoms with van der Waals surface area (Å²) >= 11 is 0. The number of carbonyl (C=O) groups is 1. The van der Waals surface area contributed by atoms with Crippen LogP contribution in [-0.4, -0.2) is 30.6 Å². The van der Waals surface area contributed by atoms with Crippen molar-refractivity contribution in [3.63, 3.8) is 0 Å². The van der Waals surface area contributed by atoms with Crippen molar-refractivity contribution in [2.75, 3.05) is 12.4 Å². The highest BCUT2D eigenvalue weighted by Crippen LogP contribution is 2.26. The first-order valence-electron chi connectivity index (χ1n) is 7.87. The van der Waals surface area contributed by atoms with Crippen molar-refractivity contribution in [1.29, 1.82) is 0 Å². The Morgan fingerprint density at radius 1 is 1.19 bits per heavy atom. The average Bonchev–Trinajstić information content (AvgIpc) is 2.86. The summed E-state index contributed by atoms with van der Waals surface area (Å²) in [6.45, 7) is -0.225. The zero-order chi connectivity index (χ0) is 19.8. The Morgan fingerprint density at radius 3 is 2.48 bits per heavy atom. The molecule has 1 amide bonds. The molecule has 2 aromatic carbocycles. The average molecular weight is 390 g/mol. The van der Waals surface area contributed by atoms with E-state index in [9.17, 15) is 18.0 Å². The first-order valence-corrected chi connectivity index (χ1v) is 9.42. The summed E-state index contributed by atoms with van der Waals surface area (Å²) in [6, 6.07) is 11.2. The maximum Gasteiger partial charge on any atom is 0.329 e. The number of aryl methyl sites for hydroxylation is 1. The number of para-hydroxylation sites is 2. The predicted molar refractivity (Wildman–Crippen MR) is 100 cm³/mol. The van der Waals surface area contributed by atoms with Gasteiger partial charge in [0.1, 0.15) is 17.2 Å². The number of nitrogens with zero attached hydrogens (tertiary/aromatic N) is 2. The highest BCUT2D eigenvalue weighted by molar-refractivity contribution is 7.89. The molecule has 0 unspecified atom stereocenters. The van der Waals surface area contributed by atoms with Gasteiger partial charge in [0.2, 0.25) is 15.9 Å². The monoisotopic (exact) mass is 390 g/mol. The van der Waals surface area contributed by atoms with Crippen LogP contribution in [0.15, 0.2) is 52.2 Å². The number of fused-ring (bicyclic) bond motifs is 1. The number of nitrogens with two attached hydrogens (primary N) is 1. The van der Waals surface area contributed by atoms with E-state index in [0.717, 1.165) is 0 Å². The standard InChI is InChI=1S/C17H18N4O5S/c1-20-12-5-3-4-6-13(12)21(17(20)23)10-16(22)19-11-7-8-14(26-2)15(9-11)27(18,24)25/h3-9H,10H2,1-2H3,(H,19,22)(H2,18,24,25). The van der Waals surface area contributed by atoms with Crippen LogP contribution in [0.3, 0.4) is 0 Å². The number of hydrogen-bond donors (Lipinski definition) is 2. The molecule has 0 bridgehead atoms. The SMILES string of the molecule is COc1ccc(NC(=O)Cn2c(=O)n(C)c3ccccc32)cc1S(N)(=O)=O. The Labute approximate surface area is 155 Å². The molecule has 3 N–H and O–H groups in total. The minimum Gasteiger partial charge on any atom is -0.495 e. The first kappa shape index (κ1) is 18.7. The van der Waals surface area contributed by atoms with Gasteiger partial charge in [0.25, 0.3) is 0 Å². The number of methoxy groups -OCH3 is 1. The molecule has 0 fully saturated rings. The fourth-order valence-electron chi connectivity index (χ4n) is 2.84. The van der Waals surface area contributed by atoms with Crippen LogP contribution in [0.5, 0.6) is 5.75 Å². The summed E-state index contributed by atoms with van der Waals surface area (Å²) < 4.78 is 31.1. The number of imidazole rings is 1. The number of benzene rings is 2. The van der Waals surface area contributed by atoms with Gasteiger partial charge in [-0.2, -0.15) is 0 Å². The Hall–Kier alpha value is -3.11. The van der Waals surface area contributed by atoms with E-state index < -0.39 is 15.9 Å². The first-order chi connectivity index (χ1) is 12.7. The van der Waals surface area contributed by atoms with Crippen LogP contribution in [-0.2, 0) is 28.4 Å². The molecule has 142 valence electrons. The topological polar surface area (TPSA) is 125 Å². The number of nitrogens with one attached hydrogen (secondary N) is 1. The van der Waals surface area contributed by atoms with Gasteiger partial charge in [-0.05, 0) is 30.3 Å². The van der Waals surface area contributed by atoms with Gasteiger partial charge in [-0.1, -0.05) is 12.1 Å². The highest BCUT2D eigenvalue weighted by atomic mass is 32.2. The molecule has 0 saturated heterocycles. The Kier molecular flexibility index (Phi) is 4.77. The van der Waals surface area contributed by atoms with Gasteiger partial charge >= 0.3 is 5.69 Å². The number of sulfonamides is 1. The number of carbonyl (C=O) groups excluding carboxylic acids is 1. The molecular weight excluding hydrogens is 372 g/mol. The van der Waals surface area contributed by atoms with Crippen molar-refractivity contribution in [2.24, 2.45) is 12.2 Å². The molecule has 9 nitrogen and oxygen atoms in total. The molecule has 1 heterocycles. The second kappa shape index (κ2) is 6.89. The molecule has 0 atom stereocenters. The zero-order valence-electron chi connectivity index (χ0n) is 14.7. The third-order valence-electron chi connectivity index (χ3n) is 4.11. The third-order valence-corrected chi connectivity index (χ3v) is 5.04. The zero-order valence-corrected chi connectivity index (χ0v) is 15.5. The molecule has 0 aliphatic rings. The van der Waals surface area contributed by atoms with Crippen molar-refractivity contribution in [3.8, 4) is 5.75 Å². The normalized spacial score (nSPS) is 11.5. The van der Waals surface area contributed by atoms with E-state index in [2.05, 4.69) is 5.32 Å². The van der Waals surface area contributed by atoms with Gasteiger partial charge in [0.15, 0.2) is 0 Å². The number of amides is 1. The van der Waals surface area contributed by atoms with Crippen LogP contribution in [0.2, 0.25) is 0 Å². The van der Waals surface area contributed by atoms with Crippen molar-refractivity contribution in [2.45, 2.75) is 11.4 Å². The van der Waals surface area contributed by atoms with Crippen molar-refractivity contribution in [1.82, 2.24) is 9.13 Å². The molecule has 1 aromatic heterocycles. The quantitative estimate of drug-likeness (QED) is 0.661. The van der Waals surface area contributed by atoms with Crippen LogP contribution in [0, 0.1) is 0 Å². The van der Waals surface area contributed by atoms with Gasteiger partial charge < -0.3 is 10.1 Å². The Balaban J connectivity index is 1.90. The van der Waals surface area contributed by atoms with Crippen LogP contribution in [0.25, 0.3) is 11.0 Å². The lowest BCUT2D eigenvalue weighted by Crippen LogP contribution is -2.28. The van der Waals surface area contributed by atoms with E-state index in [1.54, 1.807) is 31.3 Å². The van der Waals surface area contributed by atoms with Crippen molar-refractivity contribution in [3.05, 3.63) is 52.9 Å². The second-order valence-corrected chi connectivity index (χ2v) is 7.41. The number of rotatable bonds is 5. The van der Waals surface area contributed by atoms with Gasteiger partial charge in [0.05, 0.1) is 18.1 Å². The smallest absolute Gasteiger partial charge is 0.329 e. The Bertz CT molecular complexity index is 1190. The summed E-state index contributed by atoms with van der Waals surface area (Å²) in [6.07, 6.45) is 0. The number of hydrogen-bond acceptors (Lipinski definition) is 5. The second-order valence-electron chi connectivity index (χ2n) is 5.88.